The van der Waals surface area contributed by atoms with Crippen LogP contribution in [0.1, 0.15) is 5.56 Å². The van der Waals surface area contributed by atoms with Gasteiger partial charge in [0.1, 0.15) is 5.57 Å². The van der Waals surface area contributed by atoms with E-state index in [1.807, 2.05) is 0 Å². The average Bonchev–Trinajstić information content (AvgIpc) is 2.34. The third-order valence-electron chi connectivity index (χ3n) is 2.34. The summed E-state index contributed by atoms with van der Waals surface area (Å²) in [6.45, 7) is 0. The number of benzene rings is 1. The molecule has 96 valence electrons. The molecule has 0 bridgehead atoms. The van der Waals surface area contributed by atoms with E-state index in [1.54, 1.807) is 6.07 Å². The molecule has 1 aromatic rings. The van der Waals surface area contributed by atoms with E-state index in [1.165, 1.54) is 24.3 Å². The Labute approximate surface area is 112 Å². The van der Waals surface area contributed by atoms with Crippen LogP contribution in [0.5, 0.6) is 0 Å². The smallest absolute Gasteiger partial charge is 0.270 e. The zero-order valence-corrected chi connectivity index (χ0v) is 10.2. The summed E-state index contributed by atoms with van der Waals surface area (Å²) in [4.78, 5) is 33.2. The molecule has 0 atom stereocenters. The van der Waals surface area contributed by atoms with Crippen molar-refractivity contribution < 1.29 is 14.5 Å². The maximum absolute atomic E-state index is 11.6. The topological polar surface area (TPSA) is 101 Å². The number of nitrogens with one attached hydrogen (secondary N) is 2. The summed E-state index contributed by atoms with van der Waals surface area (Å²) in [6.07, 6.45) is 1.26. The lowest BCUT2D eigenvalue weighted by atomic mass is 10.1. The molecule has 0 aliphatic carbocycles. The molecule has 0 saturated carbocycles. The number of hydrogen-bond donors (Lipinski definition) is 2. The van der Waals surface area contributed by atoms with E-state index in [2.05, 4.69) is 22.9 Å². The second-order valence-corrected chi connectivity index (χ2v) is 4.06. The number of thiocarbonyl (C=S) groups is 1. The van der Waals surface area contributed by atoms with E-state index in [4.69, 9.17) is 0 Å². The van der Waals surface area contributed by atoms with E-state index in [-0.39, 0.29) is 16.4 Å². The molecule has 1 aliphatic heterocycles. The SMILES string of the molecule is O=C1NC(=S)NC(=O)C1=Cc1cccc([N+](=O)[O-])c1. The molecule has 1 fully saturated rings. The van der Waals surface area contributed by atoms with Gasteiger partial charge in [-0.05, 0) is 23.9 Å². The lowest BCUT2D eigenvalue weighted by Gasteiger charge is -2.16. The Morgan fingerprint density at radius 1 is 1.21 bits per heavy atom. The van der Waals surface area contributed by atoms with Crippen LogP contribution in [-0.2, 0) is 9.59 Å². The van der Waals surface area contributed by atoms with E-state index >= 15 is 0 Å². The Bertz CT molecular complexity index is 617. The highest BCUT2D eigenvalue weighted by atomic mass is 32.1. The Hall–Kier alpha value is -2.61. The molecule has 0 aromatic heterocycles. The van der Waals surface area contributed by atoms with E-state index in [9.17, 15) is 19.7 Å². The summed E-state index contributed by atoms with van der Waals surface area (Å²) in [5.41, 5.74) is 0.0953. The van der Waals surface area contributed by atoms with Crippen LogP contribution in [0, 0.1) is 10.1 Å². The highest BCUT2D eigenvalue weighted by molar-refractivity contribution is 7.80. The largest absolute Gasteiger partial charge is 0.299 e. The summed E-state index contributed by atoms with van der Waals surface area (Å²) in [6, 6.07) is 5.60. The van der Waals surface area contributed by atoms with Crippen LogP contribution in [0.15, 0.2) is 29.8 Å². The van der Waals surface area contributed by atoms with E-state index in [0.717, 1.165) is 0 Å². The van der Waals surface area contributed by atoms with Crippen LogP contribution < -0.4 is 10.6 Å². The monoisotopic (exact) mass is 277 g/mol. The maximum Gasteiger partial charge on any atom is 0.270 e. The van der Waals surface area contributed by atoms with Gasteiger partial charge in [0.25, 0.3) is 17.5 Å². The van der Waals surface area contributed by atoms with Crippen molar-refractivity contribution >= 4 is 40.9 Å². The van der Waals surface area contributed by atoms with Crippen molar-refractivity contribution in [1.29, 1.82) is 0 Å². The molecule has 0 spiro atoms. The minimum Gasteiger partial charge on any atom is -0.299 e. The minimum absolute atomic E-state index is 0.0637. The molecule has 1 aromatic carbocycles. The molecule has 19 heavy (non-hydrogen) atoms. The first-order valence-corrected chi connectivity index (χ1v) is 5.51. The molecule has 8 heteroatoms. The van der Waals surface area contributed by atoms with Gasteiger partial charge in [0.05, 0.1) is 4.92 Å². The van der Waals surface area contributed by atoms with Crippen molar-refractivity contribution in [3.8, 4) is 0 Å². The predicted octanol–water partition coefficient (Wildman–Crippen LogP) is 0.509. The molecule has 2 amide bonds. The third kappa shape index (κ3) is 2.80. The minimum atomic E-state index is -0.639. The maximum atomic E-state index is 11.6. The number of non-ortho nitro benzene ring substituents is 1. The number of amides is 2. The molecule has 0 radical (unpaired) electrons. The Morgan fingerprint density at radius 3 is 2.42 bits per heavy atom. The van der Waals surface area contributed by atoms with Crippen molar-refractivity contribution in [1.82, 2.24) is 10.6 Å². The molecule has 1 heterocycles. The van der Waals surface area contributed by atoms with Gasteiger partial charge in [-0.2, -0.15) is 0 Å². The Morgan fingerprint density at radius 2 is 1.84 bits per heavy atom. The Kier molecular flexibility index (Phi) is 3.34. The number of carbonyl (C=O) groups is 2. The van der Waals surface area contributed by atoms with Crippen molar-refractivity contribution in [2.75, 3.05) is 0 Å². The molecular weight excluding hydrogens is 270 g/mol. The number of nitro benzene ring substituents is 1. The number of carbonyl (C=O) groups excluding carboxylic acids is 2. The zero-order chi connectivity index (χ0) is 14.0. The Balaban J connectivity index is 2.37. The highest BCUT2D eigenvalue weighted by Gasteiger charge is 2.25. The second kappa shape index (κ2) is 4.94. The number of nitro groups is 1. The van der Waals surface area contributed by atoms with Crippen LogP contribution in [0.25, 0.3) is 6.08 Å². The van der Waals surface area contributed by atoms with Gasteiger partial charge in [0.15, 0.2) is 5.11 Å². The summed E-state index contributed by atoms with van der Waals surface area (Å²) in [5, 5.41) is 15.1. The molecule has 0 unspecified atom stereocenters. The van der Waals surface area contributed by atoms with Gasteiger partial charge < -0.3 is 0 Å². The fraction of sp³-hybridized carbons (Fsp3) is 0. The fourth-order valence-electron chi connectivity index (χ4n) is 1.50. The summed E-state index contributed by atoms with van der Waals surface area (Å²) < 4.78 is 0. The lowest BCUT2D eigenvalue weighted by molar-refractivity contribution is -0.384. The summed E-state index contributed by atoms with van der Waals surface area (Å²) in [7, 11) is 0. The second-order valence-electron chi connectivity index (χ2n) is 3.65. The molecule has 1 aliphatic rings. The van der Waals surface area contributed by atoms with Gasteiger partial charge >= 0.3 is 0 Å². The number of rotatable bonds is 2. The summed E-state index contributed by atoms with van der Waals surface area (Å²) >= 11 is 4.65. The summed E-state index contributed by atoms with van der Waals surface area (Å²) in [5.74, 6) is -1.28. The van der Waals surface area contributed by atoms with Crippen LogP contribution in [0.3, 0.4) is 0 Å². The zero-order valence-electron chi connectivity index (χ0n) is 9.38. The quantitative estimate of drug-likeness (QED) is 0.269. The molecule has 2 N–H and O–H groups in total. The first-order chi connectivity index (χ1) is 8.97. The molecule has 2 rings (SSSR count). The van der Waals surface area contributed by atoms with Crippen LogP contribution in [0.2, 0.25) is 0 Å². The fourth-order valence-corrected chi connectivity index (χ4v) is 1.69. The normalized spacial score (nSPS) is 14.7. The van der Waals surface area contributed by atoms with Crippen molar-refractivity contribution in [3.63, 3.8) is 0 Å². The van der Waals surface area contributed by atoms with Gasteiger partial charge in [0.2, 0.25) is 0 Å². The highest BCUT2D eigenvalue weighted by Crippen LogP contribution is 2.16. The molecular formula is C11H7N3O4S. The van der Waals surface area contributed by atoms with Crippen LogP contribution in [-0.4, -0.2) is 21.9 Å². The molecule has 1 saturated heterocycles. The predicted molar refractivity (Wildman–Crippen MR) is 70.0 cm³/mol. The van der Waals surface area contributed by atoms with Crippen molar-refractivity contribution in [2.45, 2.75) is 0 Å². The van der Waals surface area contributed by atoms with Crippen molar-refractivity contribution in [3.05, 3.63) is 45.5 Å². The lowest BCUT2D eigenvalue weighted by Crippen LogP contribution is -2.51. The number of nitrogens with zero attached hydrogens (tertiary/aromatic N) is 1. The first kappa shape index (κ1) is 12.8. The first-order valence-electron chi connectivity index (χ1n) is 5.10. The van der Waals surface area contributed by atoms with Crippen molar-refractivity contribution in [2.24, 2.45) is 0 Å². The van der Waals surface area contributed by atoms with Gasteiger partial charge in [-0.15, -0.1) is 0 Å². The van der Waals surface area contributed by atoms with Gasteiger partial charge in [-0.1, -0.05) is 12.1 Å². The average molecular weight is 277 g/mol. The third-order valence-corrected chi connectivity index (χ3v) is 2.54. The standard InChI is InChI=1S/C11H7N3O4S/c15-9-8(10(16)13-11(19)12-9)5-6-2-1-3-7(4-6)14(17)18/h1-5H,(H2,12,13,15,16,19). The molecule has 7 nitrogen and oxygen atoms in total. The van der Waals surface area contributed by atoms with Crippen LogP contribution >= 0.6 is 12.2 Å². The number of hydrogen-bond acceptors (Lipinski definition) is 5. The van der Waals surface area contributed by atoms with E-state index in [0.29, 0.717) is 5.56 Å². The van der Waals surface area contributed by atoms with E-state index < -0.39 is 16.7 Å². The van der Waals surface area contributed by atoms with Gasteiger partial charge in [-0.3, -0.25) is 30.3 Å². The van der Waals surface area contributed by atoms with Gasteiger partial charge in [-0.25, -0.2) is 0 Å². The van der Waals surface area contributed by atoms with Gasteiger partial charge in [0, 0.05) is 12.1 Å². The van der Waals surface area contributed by atoms with Crippen LogP contribution in [0.4, 0.5) is 5.69 Å².